The second kappa shape index (κ2) is 6.16. The number of rotatable bonds is 6. The van der Waals surface area contributed by atoms with Crippen LogP contribution in [0.4, 0.5) is 5.69 Å². The second-order valence-electron chi connectivity index (χ2n) is 4.03. The second-order valence-corrected chi connectivity index (χ2v) is 6.98. The van der Waals surface area contributed by atoms with Gasteiger partial charge in [-0.05, 0) is 17.7 Å². The van der Waals surface area contributed by atoms with E-state index in [0.29, 0.717) is 6.04 Å². The predicted molar refractivity (Wildman–Crippen MR) is 71.3 cm³/mol. The monoisotopic (exact) mass is 255 g/mol. The maximum atomic E-state index is 5.40. The lowest BCUT2D eigenvalue weighted by atomic mass is 10.2. The maximum Gasteiger partial charge on any atom is 0.504 e. The van der Waals surface area contributed by atoms with Gasteiger partial charge in [0.1, 0.15) is 0 Å². The molecule has 0 heterocycles. The first-order chi connectivity index (χ1) is 8.06. The summed E-state index contributed by atoms with van der Waals surface area (Å²) in [6.45, 7) is 0. The maximum absolute atomic E-state index is 5.40. The van der Waals surface area contributed by atoms with Crippen LogP contribution in [0.2, 0.25) is 0 Å². The Bertz CT molecular complexity index is 328. The van der Waals surface area contributed by atoms with Crippen molar-refractivity contribution in [2.75, 3.05) is 40.3 Å². The van der Waals surface area contributed by atoms with Gasteiger partial charge < -0.3 is 18.2 Å². The molecule has 0 aliphatic heterocycles. The number of hydrogen-bond donors (Lipinski definition) is 0. The average Bonchev–Trinajstić information content (AvgIpc) is 2.37. The van der Waals surface area contributed by atoms with Crippen molar-refractivity contribution in [3.8, 4) is 0 Å². The highest BCUT2D eigenvalue weighted by Gasteiger charge is 2.37. The van der Waals surface area contributed by atoms with Crippen LogP contribution in [0, 0.1) is 0 Å². The van der Waals surface area contributed by atoms with Crippen LogP contribution in [0.5, 0.6) is 0 Å². The van der Waals surface area contributed by atoms with Gasteiger partial charge in [-0.25, -0.2) is 0 Å². The van der Waals surface area contributed by atoms with Gasteiger partial charge in [-0.15, -0.1) is 0 Å². The minimum Gasteiger partial charge on any atom is -0.378 e. The smallest absolute Gasteiger partial charge is 0.378 e. The highest BCUT2D eigenvalue weighted by molar-refractivity contribution is 6.60. The molecule has 0 saturated carbocycles. The van der Waals surface area contributed by atoms with E-state index in [2.05, 4.69) is 29.2 Å². The summed E-state index contributed by atoms with van der Waals surface area (Å²) < 4.78 is 16.2. The van der Waals surface area contributed by atoms with Crippen molar-refractivity contribution in [2.24, 2.45) is 0 Å². The van der Waals surface area contributed by atoms with E-state index in [0.717, 1.165) is 5.56 Å². The van der Waals surface area contributed by atoms with E-state index in [1.807, 2.05) is 14.1 Å². The van der Waals surface area contributed by atoms with Gasteiger partial charge in [0.25, 0.3) is 0 Å². The summed E-state index contributed by atoms with van der Waals surface area (Å²) in [4.78, 5) is 2.07. The molecule has 0 saturated heterocycles. The van der Waals surface area contributed by atoms with Crippen molar-refractivity contribution in [3.05, 3.63) is 29.8 Å². The standard InChI is InChI=1S/C12H21NO3Si/c1-13(2)12-8-6-11(7-9-12)10-17(14-3,15-4)16-5/h6-9H,10H2,1-5H3. The average molecular weight is 255 g/mol. The summed E-state index contributed by atoms with van der Waals surface area (Å²) in [5, 5.41) is 0. The summed E-state index contributed by atoms with van der Waals surface area (Å²) >= 11 is 0. The lowest BCUT2D eigenvalue weighted by Crippen LogP contribution is -2.45. The van der Waals surface area contributed by atoms with Crippen molar-refractivity contribution in [1.29, 1.82) is 0 Å². The third-order valence-corrected chi connectivity index (χ3v) is 5.51. The molecule has 0 aliphatic rings. The van der Waals surface area contributed by atoms with Crippen LogP contribution in [0.3, 0.4) is 0 Å². The van der Waals surface area contributed by atoms with Crippen LogP contribution < -0.4 is 4.90 Å². The SMILES string of the molecule is CO[Si](Cc1ccc(N(C)C)cc1)(OC)OC. The molecule has 96 valence electrons. The predicted octanol–water partition coefficient (Wildman–Crippen LogP) is 1.71. The van der Waals surface area contributed by atoms with Crippen molar-refractivity contribution >= 4 is 14.5 Å². The van der Waals surface area contributed by atoms with Gasteiger partial charge in [-0.2, -0.15) is 0 Å². The van der Waals surface area contributed by atoms with E-state index in [-0.39, 0.29) is 0 Å². The van der Waals surface area contributed by atoms with Gasteiger partial charge in [-0.1, -0.05) is 12.1 Å². The van der Waals surface area contributed by atoms with Crippen molar-refractivity contribution in [2.45, 2.75) is 6.04 Å². The van der Waals surface area contributed by atoms with Crippen LogP contribution >= 0.6 is 0 Å². The molecular weight excluding hydrogens is 234 g/mol. The molecule has 4 nitrogen and oxygen atoms in total. The highest BCUT2D eigenvalue weighted by atomic mass is 28.4. The zero-order valence-electron chi connectivity index (χ0n) is 11.2. The molecule has 0 unspecified atom stereocenters. The van der Waals surface area contributed by atoms with Crippen molar-refractivity contribution < 1.29 is 13.3 Å². The molecule has 0 atom stereocenters. The largest absolute Gasteiger partial charge is 0.504 e. The molecule has 0 bridgehead atoms. The summed E-state index contributed by atoms with van der Waals surface area (Å²) in [5.41, 5.74) is 2.33. The lowest BCUT2D eigenvalue weighted by Gasteiger charge is -2.24. The Morgan fingerprint density at radius 1 is 0.941 bits per heavy atom. The first-order valence-electron chi connectivity index (χ1n) is 5.48. The number of anilines is 1. The Morgan fingerprint density at radius 3 is 1.76 bits per heavy atom. The fourth-order valence-electron chi connectivity index (χ4n) is 1.63. The van der Waals surface area contributed by atoms with Crippen LogP contribution in [-0.2, 0) is 19.3 Å². The van der Waals surface area contributed by atoms with Crippen LogP contribution in [0.1, 0.15) is 5.56 Å². The van der Waals surface area contributed by atoms with E-state index in [1.165, 1.54) is 5.69 Å². The molecule has 0 aromatic heterocycles. The van der Waals surface area contributed by atoms with E-state index >= 15 is 0 Å². The first kappa shape index (κ1) is 14.2. The number of benzene rings is 1. The van der Waals surface area contributed by atoms with Crippen LogP contribution in [0.15, 0.2) is 24.3 Å². The molecule has 0 fully saturated rings. The Hall–Kier alpha value is -0.883. The van der Waals surface area contributed by atoms with Gasteiger partial charge in [0.2, 0.25) is 0 Å². The van der Waals surface area contributed by atoms with E-state index in [9.17, 15) is 0 Å². The molecule has 17 heavy (non-hydrogen) atoms. The summed E-state index contributed by atoms with van der Waals surface area (Å²) in [6, 6.07) is 9.00. The fraction of sp³-hybridized carbons (Fsp3) is 0.500. The van der Waals surface area contributed by atoms with E-state index in [4.69, 9.17) is 13.3 Å². The van der Waals surface area contributed by atoms with Crippen molar-refractivity contribution in [3.63, 3.8) is 0 Å². The molecular formula is C12H21NO3Si. The molecule has 0 N–H and O–H groups in total. The van der Waals surface area contributed by atoms with Crippen LogP contribution in [0.25, 0.3) is 0 Å². The third-order valence-electron chi connectivity index (χ3n) is 2.81. The Balaban J connectivity index is 2.80. The normalized spacial score (nSPS) is 11.6. The van der Waals surface area contributed by atoms with Gasteiger partial charge in [-0.3, -0.25) is 0 Å². The molecule has 0 spiro atoms. The molecule has 1 aromatic carbocycles. The third kappa shape index (κ3) is 3.54. The molecule has 0 aliphatic carbocycles. The fourth-order valence-corrected chi connectivity index (χ4v) is 3.30. The highest BCUT2D eigenvalue weighted by Crippen LogP contribution is 2.17. The Kier molecular flexibility index (Phi) is 5.14. The molecule has 5 heteroatoms. The minimum absolute atomic E-state index is 0.685. The Morgan fingerprint density at radius 2 is 1.41 bits per heavy atom. The van der Waals surface area contributed by atoms with Crippen LogP contribution in [-0.4, -0.2) is 44.2 Å². The minimum atomic E-state index is -2.52. The van der Waals surface area contributed by atoms with Gasteiger partial charge in [0.15, 0.2) is 0 Å². The first-order valence-corrected chi connectivity index (χ1v) is 7.42. The van der Waals surface area contributed by atoms with Gasteiger partial charge >= 0.3 is 8.80 Å². The molecule has 1 rings (SSSR count). The zero-order valence-corrected chi connectivity index (χ0v) is 12.2. The van der Waals surface area contributed by atoms with Gasteiger partial charge in [0.05, 0.1) is 0 Å². The summed E-state index contributed by atoms with van der Waals surface area (Å²) in [6.07, 6.45) is 0. The Labute approximate surface area is 104 Å². The van der Waals surface area contributed by atoms with Gasteiger partial charge in [0, 0.05) is 47.2 Å². The lowest BCUT2D eigenvalue weighted by molar-refractivity contribution is 0.122. The van der Waals surface area contributed by atoms with E-state index < -0.39 is 8.80 Å². The molecule has 0 radical (unpaired) electrons. The number of hydrogen-bond acceptors (Lipinski definition) is 4. The molecule has 1 aromatic rings. The zero-order chi connectivity index (χ0) is 12.9. The summed E-state index contributed by atoms with van der Waals surface area (Å²) in [5.74, 6) is 0. The molecule has 0 amide bonds. The van der Waals surface area contributed by atoms with E-state index in [1.54, 1.807) is 21.3 Å². The summed E-state index contributed by atoms with van der Waals surface area (Å²) in [7, 11) is 6.42. The topological polar surface area (TPSA) is 30.9 Å². The number of nitrogens with zero attached hydrogens (tertiary/aromatic N) is 1. The van der Waals surface area contributed by atoms with Crippen molar-refractivity contribution in [1.82, 2.24) is 0 Å². The quantitative estimate of drug-likeness (QED) is 0.724.